The molecule has 27 heavy (non-hydrogen) atoms. The number of hydrogen-bond acceptors (Lipinski definition) is 5. The molecular formula is C19H27Cl2N3O2S. The standard InChI is InChI=1S/C19H25N3O2S.2ClH/c1-3-24-17-6-4-15(5-7-17)19-21-16(12-25-19)9-18(23)22-11-14(10-20)8-13(22)2;;/h4-7,12-14H,3,8-11,20H2,1-2H3;2*1H. The number of aromatic nitrogens is 1. The summed E-state index contributed by atoms with van der Waals surface area (Å²) in [6.45, 7) is 6.14. The van der Waals surface area contributed by atoms with Crippen molar-refractivity contribution < 1.29 is 9.53 Å². The number of carbonyl (C=O) groups is 1. The quantitative estimate of drug-likeness (QED) is 0.754. The Morgan fingerprint density at radius 3 is 2.63 bits per heavy atom. The first-order valence-electron chi connectivity index (χ1n) is 8.77. The molecule has 5 nitrogen and oxygen atoms in total. The number of likely N-dealkylation sites (tertiary alicyclic amines) is 1. The van der Waals surface area contributed by atoms with Crippen molar-refractivity contribution in [2.75, 3.05) is 19.7 Å². The zero-order valence-electron chi connectivity index (χ0n) is 15.6. The number of thiazole rings is 1. The highest BCUT2D eigenvalue weighted by Gasteiger charge is 2.31. The summed E-state index contributed by atoms with van der Waals surface area (Å²) < 4.78 is 5.46. The molecule has 0 saturated carbocycles. The van der Waals surface area contributed by atoms with E-state index in [0.29, 0.717) is 25.5 Å². The van der Waals surface area contributed by atoms with Gasteiger partial charge in [0.25, 0.3) is 0 Å². The molecule has 150 valence electrons. The lowest BCUT2D eigenvalue weighted by Gasteiger charge is -2.21. The third-order valence-electron chi connectivity index (χ3n) is 4.61. The maximum absolute atomic E-state index is 12.6. The van der Waals surface area contributed by atoms with Gasteiger partial charge in [0.05, 0.1) is 18.7 Å². The van der Waals surface area contributed by atoms with Crippen LogP contribution in [-0.4, -0.2) is 41.5 Å². The molecule has 2 N–H and O–H groups in total. The number of nitrogens with zero attached hydrogens (tertiary/aromatic N) is 2. The third-order valence-corrected chi connectivity index (χ3v) is 5.55. The second-order valence-electron chi connectivity index (χ2n) is 6.51. The van der Waals surface area contributed by atoms with Crippen molar-refractivity contribution in [3.63, 3.8) is 0 Å². The number of rotatable bonds is 6. The molecule has 1 aromatic heterocycles. The van der Waals surface area contributed by atoms with Crippen LogP contribution in [-0.2, 0) is 11.2 Å². The molecule has 2 aromatic rings. The smallest absolute Gasteiger partial charge is 0.228 e. The number of halogens is 2. The number of carbonyl (C=O) groups excluding carboxylic acids is 1. The zero-order chi connectivity index (χ0) is 17.8. The summed E-state index contributed by atoms with van der Waals surface area (Å²) in [4.78, 5) is 19.2. The van der Waals surface area contributed by atoms with E-state index in [1.807, 2.05) is 41.5 Å². The molecule has 1 aliphatic heterocycles. The predicted molar refractivity (Wildman–Crippen MR) is 115 cm³/mol. The van der Waals surface area contributed by atoms with Crippen molar-refractivity contribution in [1.82, 2.24) is 9.88 Å². The minimum Gasteiger partial charge on any atom is -0.494 e. The van der Waals surface area contributed by atoms with Crippen LogP contribution in [0.2, 0.25) is 0 Å². The summed E-state index contributed by atoms with van der Waals surface area (Å²) in [6, 6.07) is 8.17. The Morgan fingerprint density at radius 2 is 2.04 bits per heavy atom. The first-order valence-corrected chi connectivity index (χ1v) is 9.65. The van der Waals surface area contributed by atoms with Gasteiger partial charge >= 0.3 is 0 Å². The molecule has 1 aliphatic rings. The second-order valence-corrected chi connectivity index (χ2v) is 7.37. The van der Waals surface area contributed by atoms with Crippen LogP contribution in [0.1, 0.15) is 26.0 Å². The van der Waals surface area contributed by atoms with Gasteiger partial charge in [-0.1, -0.05) is 0 Å². The monoisotopic (exact) mass is 431 g/mol. The number of hydrogen-bond donors (Lipinski definition) is 1. The average Bonchev–Trinajstić information content (AvgIpc) is 3.22. The van der Waals surface area contributed by atoms with Crippen molar-refractivity contribution in [2.45, 2.75) is 32.7 Å². The highest BCUT2D eigenvalue weighted by atomic mass is 35.5. The van der Waals surface area contributed by atoms with Gasteiger partial charge in [0.2, 0.25) is 5.91 Å². The van der Waals surface area contributed by atoms with Crippen LogP contribution < -0.4 is 10.5 Å². The molecule has 0 spiro atoms. The Hall–Kier alpha value is -1.34. The fraction of sp³-hybridized carbons (Fsp3) is 0.474. The van der Waals surface area contributed by atoms with Crippen LogP contribution in [0, 0.1) is 5.92 Å². The van der Waals surface area contributed by atoms with E-state index in [9.17, 15) is 4.79 Å². The molecule has 8 heteroatoms. The van der Waals surface area contributed by atoms with E-state index in [1.165, 1.54) is 0 Å². The van der Waals surface area contributed by atoms with Crippen LogP contribution in [0.25, 0.3) is 10.6 Å². The van der Waals surface area contributed by atoms with Crippen molar-refractivity contribution >= 4 is 42.1 Å². The van der Waals surface area contributed by atoms with Crippen molar-refractivity contribution in [3.8, 4) is 16.3 Å². The predicted octanol–water partition coefficient (Wildman–Crippen LogP) is 3.79. The molecule has 2 unspecified atom stereocenters. The summed E-state index contributed by atoms with van der Waals surface area (Å²) in [5.74, 6) is 1.43. The van der Waals surface area contributed by atoms with E-state index in [-0.39, 0.29) is 36.8 Å². The SMILES string of the molecule is CCOc1ccc(-c2nc(CC(=O)N3CC(CN)CC3C)cs2)cc1.Cl.Cl. The average molecular weight is 432 g/mol. The van der Waals surface area contributed by atoms with Gasteiger partial charge in [0, 0.05) is 23.5 Å². The fourth-order valence-corrected chi connectivity index (χ4v) is 4.12. The molecule has 1 amide bonds. The first kappa shape index (κ1) is 23.7. The molecular weight excluding hydrogens is 405 g/mol. The van der Waals surface area contributed by atoms with Crippen molar-refractivity contribution in [2.24, 2.45) is 11.7 Å². The Morgan fingerprint density at radius 1 is 1.33 bits per heavy atom. The van der Waals surface area contributed by atoms with Gasteiger partial charge in [-0.25, -0.2) is 4.98 Å². The van der Waals surface area contributed by atoms with E-state index in [1.54, 1.807) is 11.3 Å². The molecule has 0 radical (unpaired) electrons. The summed E-state index contributed by atoms with van der Waals surface area (Å²) in [7, 11) is 0. The van der Waals surface area contributed by atoms with Crippen LogP contribution in [0.15, 0.2) is 29.6 Å². The normalized spacial score (nSPS) is 18.6. The molecule has 1 saturated heterocycles. The number of benzene rings is 1. The minimum absolute atomic E-state index is 0. The first-order chi connectivity index (χ1) is 12.1. The lowest BCUT2D eigenvalue weighted by atomic mass is 10.1. The topological polar surface area (TPSA) is 68.5 Å². The highest BCUT2D eigenvalue weighted by Crippen LogP contribution is 2.27. The molecule has 2 atom stereocenters. The summed E-state index contributed by atoms with van der Waals surface area (Å²) in [5.41, 5.74) is 7.63. The molecule has 0 bridgehead atoms. The second kappa shape index (κ2) is 10.9. The highest BCUT2D eigenvalue weighted by molar-refractivity contribution is 7.13. The van der Waals surface area contributed by atoms with Crippen LogP contribution in [0.3, 0.4) is 0 Å². The van der Waals surface area contributed by atoms with E-state index in [2.05, 4.69) is 11.9 Å². The maximum atomic E-state index is 12.6. The van der Waals surface area contributed by atoms with Gasteiger partial charge in [-0.15, -0.1) is 36.2 Å². The van der Waals surface area contributed by atoms with Crippen LogP contribution >= 0.6 is 36.2 Å². The van der Waals surface area contributed by atoms with Crippen molar-refractivity contribution in [3.05, 3.63) is 35.3 Å². The Kier molecular flexibility index (Phi) is 9.53. The largest absolute Gasteiger partial charge is 0.494 e. The van der Waals surface area contributed by atoms with Gasteiger partial charge in [0.15, 0.2) is 0 Å². The maximum Gasteiger partial charge on any atom is 0.228 e. The molecule has 1 aromatic carbocycles. The van der Waals surface area contributed by atoms with Crippen LogP contribution in [0.5, 0.6) is 5.75 Å². The van der Waals surface area contributed by atoms with E-state index < -0.39 is 0 Å². The molecule has 3 rings (SSSR count). The van der Waals surface area contributed by atoms with Crippen molar-refractivity contribution in [1.29, 1.82) is 0 Å². The zero-order valence-corrected chi connectivity index (χ0v) is 18.0. The molecule has 0 aliphatic carbocycles. The third kappa shape index (κ3) is 5.82. The minimum atomic E-state index is 0. The lowest BCUT2D eigenvalue weighted by molar-refractivity contribution is -0.131. The summed E-state index contributed by atoms with van der Waals surface area (Å²) >= 11 is 1.57. The summed E-state index contributed by atoms with van der Waals surface area (Å²) in [6.07, 6.45) is 1.35. The lowest BCUT2D eigenvalue weighted by Crippen LogP contribution is -2.35. The van der Waals surface area contributed by atoms with Gasteiger partial charge in [-0.05, 0) is 57.0 Å². The Labute approximate surface area is 177 Å². The number of ether oxygens (including phenoxy) is 1. The van der Waals surface area contributed by atoms with Gasteiger partial charge in [-0.2, -0.15) is 0 Å². The number of nitrogens with two attached hydrogens (primary N) is 1. The van der Waals surface area contributed by atoms with Gasteiger partial charge in [0.1, 0.15) is 10.8 Å². The fourth-order valence-electron chi connectivity index (χ4n) is 3.30. The van der Waals surface area contributed by atoms with Gasteiger partial charge in [-0.3, -0.25) is 4.79 Å². The molecule has 2 heterocycles. The van der Waals surface area contributed by atoms with Gasteiger partial charge < -0.3 is 15.4 Å². The van der Waals surface area contributed by atoms with E-state index >= 15 is 0 Å². The van der Waals surface area contributed by atoms with E-state index in [0.717, 1.165) is 35.0 Å². The summed E-state index contributed by atoms with van der Waals surface area (Å²) in [5, 5.41) is 2.91. The number of amides is 1. The Balaban J connectivity index is 0.00000182. The van der Waals surface area contributed by atoms with Crippen LogP contribution in [0.4, 0.5) is 0 Å². The molecule has 1 fully saturated rings. The Bertz CT molecular complexity index is 724. The van der Waals surface area contributed by atoms with E-state index in [4.69, 9.17) is 10.5 Å².